The fraction of sp³-hybridized carbons (Fsp3) is 0.176. The number of hydrogen-bond donors (Lipinski definition) is 1. The Morgan fingerprint density at radius 1 is 1.12 bits per heavy atom. The number of azo groups is 1. The molecule has 6 nitrogen and oxygen atoms in total. The quantitative estimate of drug-likeness (QED) is 0.538. The van der Waals surface area contributed by atoms with Gasteiger partial charge in [-0.25, -0.2) is 9.25 Å². The fourth-order valence-electron chi connectivity index (χ4n) is 2.29. The third-order valence-corrected chi connectivity index (χ3v) is 3.57. The van der Waals surface area contributed by atoms with Gasteiger partial charge in [0.15, 0.2) is 12.4 Å². The lowest BCUT2D eigenvalue weighted by atomic mass is 10.2. The normalized spacial score (nSPS) is 10.8. The molecule has 0 amide bonds. The SMILES string of the molecule is Cc1ccccc1/N=N/c1cnn(Cc2ccc[n+](C)c2)c1N.[Cl-]. The highest BCUT2D eigenvalue weighted by Gasteiger charge is 2.09. The lowest BCUT2D eigenvalue weighted by Crippen LogP contribution is -3.00. The molecule has 0 saturated heterocycles. The van der Waals surface area contributed by atoms with Gasteiger partial charge in [-0.3, -0.25) is 0 Å². The van der Waals surface area contributed by atoms with Crippen LogP contribution in [0.2, 0.25) is 0 Å². The lowest BCUT2D eigenvalue weighted by molar-refractivity contribution is -0.671. The Kier molecular flexibility index (Phi) is 5.65. The second kappa shape index (κ2) is 7.70. The van der Waals surface area contributed by atoms with Crippen molar-refractivity contribution in [1.82, 2.24) is 9.78 Å². The molecule has 0 fully saturated rings. The Morgan fingerprint density at radius 2 is 1.88 bits per heavy atom. The second-order valence-electron chi connectivity index (χ2n) is 5.44. The number of nitrogens with zero attached hydrogens (tertiary/aromatic N) is 5. The van der Waals surface area contributed by atoms with E-state index in [-0.39, 0.29) is 12.4 Å². The van der Waals surface area contributed by atoms with E-state index in [1.165, 1.54) is 0 Å². The van der Waals surface area contributed by atoms with Gasteiger partial charge in [-0.15, -0.1) is 5.11 Å². The van der Waals surface area contributed by atoms with Crippen molar-refractivity contribution in [3.05, 3.63) is 66.1 Å². The summed E-state index contributed by atoms with van der Waals surface area (Å²) in [6.07, 6.45) is 5.66. The molecular formula is C17H19ClN6. The zero-order valence-electron chi connectivity index (χ0n) is 13.6. The molecule has 0 atom stereocenters. The third-order valence-electron chi connectivity index (χ3n) is 3.57. The van der Waals surface area contributed by atoms with Crippen molar-refractivity contribution in [2.75, 3.05) is 5.73 Å². The number of aryl methyl sites for hydroxylation is 2. The highest BCUT2D eigenvalue weighted by atomic mass is 35.5. The number of anilines is 1. The van der Waals surface area contributed by atoms with Crippen LogP contribution in [-0.2, 0) is 13.6 Å². The molecule has 3 aromatic rings. The number of benzene rings is 1. The maximum absolute atomic E-state index is 6.13. The molecule has 0 bridgehead atoms. The number of hydrogen-bond acceptors (Lipinski definition) is 4. The van der Waals surface area contributed by atoms with E-state index >= 15 is 0 Å². The molecule has 2 aromatic heterocycles. The Morgan fingerprint density at radius 3 is 2.62 bits per heavy atom. The van der Waals surface area contributed by atoms with Crippen molar-refractivity contribution in [3.8, 4) is 0 Å². The fourth-order valence-corrected chi connectivity index (χ4v) is 2.29. The standard InChI is InChI=1S/C17H19N6.ClH/c1-13-6-3-4-8-15(13)20-21-16-10-19-23(17(16)18)12-14-7-5-9-22(2)11-14;/h3-11H,12,18H2,1-2H3;1H/q+1;/p-1/b21-20+;. The van der Waals surface area contributed by atoms with Crippen LogP contribution < -0.4 is 22.7 Å². The Balaban J connectivity index is 0.00000208. The van der Waals surface area contributed by atoms with Crippen LogP contribution >= 0.6 is 0 Å². The summed E-state index contributed by atoms with van der Waals surface area (Å²) < 4.78 is 3.72. The summed E-state index contributed by atoms with van der Waals surface area (Å²) >= 11 is 0. The van der Waals surface area contributed by atoms with Crippen LogP contribution in [0.25, 0.3) is 0 Å². The second-order valence-corrected chi connectivity index (χ2v) is 5.44. The first-order valence-corrected chi connectivity index (χ1v) is 7.36. The molecule has 0 aliphatic rings. The predicted molar refractivity (Wildman–Crippen MR) is 88.7 cm³/mol. The average molecular weight is 343 g/mol. The van der Waals surface area contributed by atoms with Crippen molar-refractivity contribution in [2.24, 2.45) is 17.3 Å². The van der Waals surface area contributed by atoms with Crippen LogP contribution in [-0.4, -0.2) is 9.78 Å². The number of pyridine rings is 1. The Bertz CT molecular complexity index is 856. The predicted octanol–water partition coefficient (Wildman–Crippen LogP) is 0.0659. The average Bonchev–Trinajstić information content (AvgIpc) is 2.87. The summed E-state index contributed by atoms with van der Waals surface area (Å²) in [5.74, 6) is 0.508. The molecule has 3 rings (SSSR count). The van der Waals surface area contributed by atoms with Gasteiger partial charge in [0.1, 0.15) is 18.6 Å². The van der Waals surface area contributed by atoms with Gasteiger partial charge >= 0.3 is 0 Å². The van der Waals surface area contributed by atoms with E-state index in [0.717, 1.165) is 16.8 Å². The summed E-state index contributed by atoms with van der Waals surface area (Å²) in [5.41, 5.74) is 9.72. The highest BCUT2D eigenvalue weighted by Crippen LogP contribution is 2.25. The molecule has 0 spiro atoms. The van der Waals surface area contributed by atoms with Gasteiger partial charge in [-0.2, -0.15) is 10.2 Å². The number of rotatable bonds is 4. The minimum Gasteiger partial charge on any atom is -1.00 e. The van der Waals surface area contributed by atoms with Crippen molar-refractivity contribution >= 4 is 17.2 Å². The van der Waals surface area contributed by atoms with Gasteiger partial charge < -0.3 is 18.1 Å². The summed E-state index contributed by atoms with van der Waals surface area (Å²) in [6, 6.07) is 11.9. The molecule has 0 aliphatic heterocycles. The van der Waals surface area contributed by atoms with Crippen LogP contribution in [0, 0.1) is 6.92 Å². The molecular weight excluding hydrogens is 324 g/mol. The Labute approximate surface area is 147 Å². The van der Waals surface area contributed by atoms with E-state index in [0.29, 0.717) is 18.1 Å². The van der Waals surface area contributed by atoms with E-state index < -0.39 is 0 Å². The minimum absolute atomic E-state index is 0. The molecule has 0 aliphatic carbocycles. The molecule has 7 heteroatoms. The number of aromatic nitrogens is 3. The van der Waals surface area contributed by atoms with Gasteiger partial charge in [-0.1, -0.05) is 18.2 Å². The van der Waals surface area contributed by atoms with Crippen LogP contribution in [0.5, 0.6) is 0 Å². The number of halogens is 1. The van der Waals surface area contributed by atoms with Crippen molar-refractivity contribution in [2.45, 2.75) is 13.5 Å². The van der Waals surface area contributed by atoms with Gasteiger partial charge in [-0.05, 0) is 24.6 Å². The summed E-state index contributed by atoms with van der Waals surface area (Å²) in [5, 5.41) is 12.8. The zero-order valence-corrected chi connectivity index (χ0v) is 14.4. The van der Waals surface area contributed by atoms with Crippen LogP contribution in [0.15, 0.2) is 65.2 Å². The van der Waals surface area contributed by atoms with Gasteiger partial charge in [0.25, 0.3) is 0 Å². The van der Waals surface area contributed by atoms with E-state index in [1.807, 2.05) is 67.3 Å². The molecule has 0 unspecified atom stereocenters. The molecule has 2 heterocycles. The third kappa shape index (κ3) is 3.97. The monoisotopic (exact) mass is 342 g/mol. The topological polar surface area (TPSA) is 72.4 Å². The smallest absolute Gasteiger partial charge is 0.173 e. The number of nitrogen functional groups attached to an aromatic ring is 1. The first-order valence-electron chi connectivity index (χ1n) is 7.36. The maximum atomic E-state index is 6.13. The first-order chi connectivity index (χ1) is 11.1. The van der Waals surface area contributed by atoms with E-state index in [1.54, 1.807) is 10.9 Å². The van der Waals surface area contributed by atoms with Gasteiger partial charge in [0.2, 0.25) is 0 Å². The highest BCUT2D eigenvalue weighted by molar-refractivity contribution is 5.57. The van der Waals surface area contributed by atoms with Gasteiger partial charge in [0.05, 0.1) is 18.4 Å². The van der Waals surface area contributed by atoms with Crippen LogP contribution in [0.1, 0.15) is 11.1 Å². The van der Waals surface area contributed by atoms with E-state index in [9.17, 15) is 0 Å². The van der Waals surface area contributed by atoms with Crippen molar-refractivity contribution in [3.63, 3.8) is 0 Å². The summed E-state index contributed by atoms with van der Waals surface area (Å²) in [4.78, 5) is 0. The zero-order chi connectivity index (χ0) is 16.2. The molecule has 24 heavy (non-hydrogen) atoms. The number of nitrogens with two attached hydrogens (primary N) is 1. The molecule has 124 valence electrons. The van der Waals surface area contributed by atoms with Crippen LogP contribution in [0.3, 0.4) is 0 Å². The maximum Gasteiger partial charge on any atom is 0.173 e. The van der Waals surface area contributed by atoms with Crippen LogP contribution in [0.4, 0.5) is 17.2 Å². The first kappa shape index (κ1) is 17.6. The largest absolute Gasteiger partial charge is 1.00 e. The van der Waals surface area contributed by atoms with E-state index in [4.69, 9.17) is 5.73 Å². The van der Waals surface area contributed by atoms with Crippen molar-refractivity contribution < 1.29 is 17.0 Å². The summed E-state index contributed by atoms with van der Waals surface area (Å²) in [7, 11) is 1.98. The van der Waals surface area contributed by atoms with Gasteiger partial charge in [0, 0.05) is 11.6 Å². The Hall–Kier alpha value is -2.73. The van der Waals surface area contributed by atoms with E-state index in [2.05, 4.69) is 15.3 Å². The molecule has 0 radical (unpaired) electrons. The molecule has 1 aromatic carbocycles. The summed E-state index contributed by atoms with van der Waals surface area (Å²) in [6.45, 7) is 2.59. The minimum atomic E-state index is 0. The van der Waals surface area contributed by atoms with Crippen molar-refractivity contribution in [1.29, 1.82) is 0 Å². The lowest BCUT2D eigenvalue weighted by Gasteiger charge is -2.03. The molecule has 2 N–H and O–H groups in total. The molecule has 0 saturated carbocycles.